The van der Waals surface area contributed by atoms with Crippen LogP contribution in [0.25, 0.3) is 0 Å². The van der Waals surface area contributed by atoms with E-state index in [1.165, 1.54) is 6.26 Å². The van der Waals surface area contributed by atoms with Crippen molar-refractivity contribution in [3.63, 3.8) is 0 Å². The second kappa shape index (κ2) is 13.0. The van der Waals surface area contributed by atoms with Crippen molar-refractivity contribution in [2.24, 2.45) is 4.99 Å². The van der Waals surface area contributed by atoms with Gasteiger partial charge in [0.2, 0.25) is 0 Å². The molecule has 1 aliphatic rings. The van der Waals surface area contributed by atoms with E-state index in [-0.39, 0.29) is 29.9 Å². The maximum atomic E-state index is 12.0. The van der Waals surface area contributed by atoms with Gasteiger partial charge in [0.1, 0.15) is 0 Å². The van der Waals surface area contributed by atoms with Crippen LogP contribution in [0.1, 0.15) is 49.2 Å². The Kier molecular flexibility index (Phi) is 11.4. The number of carbonyl (C=O) groups excluding carboxylic acids is 1. The number of rotatable bonds is 8. The zero-order valence-corrected chi connectivity index (χ0v) is 19.0. The zero-order chi connectivity index (χ0) is 18.8. The van der Waals surface area contributed by atoms with Crippen molar-refractivity contribution >= 4 is 35.8 Å². The molecule has 0 aliphatic carbocycles. The highest BCUT2D eigenvalue weighted by Gasteiger charge is 2.21. The monoisotopic (exact) mass is 492 g/mol. The second-order valence-corrected chi connectivity index (χ2v) is 6.42. The van der Waals surface area contributed by atoms with Crippen LogP contribution >= 0.6 is 24.0 Å². The van der Waals surface area contributed by atoms with E-state index >= 15 is 0 Å². The number of aryl methyl sites for hydroxylation is 1. The number of nitrogens with zero attached hydrogens (tertiary/aromatic N) is 2. The molecule has 1 aliphatic heterocycles. The third-order valence-corrected chi connectivity index (χ3v) is 4.43. The Balaban J connectivity index is 0.00000364. The molecule has 154 valence electrons. The van der Waals surface area contributed by atoms with Gasteiger partial charge in [0.15, 0.2) is 11.7 Å². The van der Waals surface area contributed by atoms with Gasteiger partial charge in [-0.2, -0.15) is 0 Å². The Morgan fingerprint density at radius 3 is 2.67 bits per heavy atom. The highest BCUT2D eigenvalue weighted by molar-refractivity contribution is 14.0. The number of likely N-dealkylation sites (tertiary alicyclic amines) is 1. The van der Waals surface area contributed by atoms with Crippen molar-refractivity contribution in [3.8, 4) is 0 Å². The summed E-state index contributed by atoms with van der Waals surface area (Å²) in [6, 6.07) is 1.79. The first-order chi connectivity index (χ1) is 12.7. The molecular weight excluding hydrogens is 459 g/mol. The standard InChI is InChI=1S/C19H32N4O3.HI/c1-4-20-19(23-12-7-16(8-13-23)25-5-2)22-11-6-10-21-18(24)17-15(3)9-14-26-17;/h9,14,16H,4-8,10-13H2,1-3H3,(H,20,22)(H,21,24);1H. The number of carbonyl (C=O) groups is 1. The fraction of sp³-hybridized carbons (Fsp3) is 0.684. The van der Waals surface area contributed by atoms with Gasteiger partial charge >= 0.3 is 0 Å². The van der Waals surface area contributed by atoms with Crippen LogP contribution < -0.4 is 10.6 Å². The molecule has 0 aromatic carbocycles. The number of guanidine groups is 1. The van der Waals surface area contributed by atoms with Gasteiger partial charge in [0.25, 0.3) is 5.91 Å². The fourth-order valence-corrected chi connectivity index (χ4v) is 3.05. The summed E-state index contributed by atoms with van der Waals surface area (Å²) >= 11 is 0. The number of ether oxygens (including phenoxy) is 1. The molecule has 7 nitrogen and oxygen atoms in total. The van der Waals surface area contributed by atoms with Crippen LogP contribution in [0, 0.1) is 6.92 Å². The van der Waals surface area contributed by atoms with Crippen LogP contribution in [0.2, 0.25) is 0 Å². The van der Waals surface area contributed by atoms with Crippen molar-refractivity contribution < 1.29 is 13.9 Å². The Hall–Kier alpha value is -1.29. The number of aliphatic imine (C=N–C) groups is 1. The highest BCUT2D eigenvalue weighted by Crippen LogP contribution is 2.13. The summed E-state index contributed by atoms with van der Waals surface area (Å²) < 4.78 is 10.9. The predicted molar refractivity (Wildman–Crippen MR) is 118 cm³/mol. The average molecular weight is 492 g/mol. The van der Waals surface area contributed by atoms with E-state index in [2.05, 4.69) is 22.5 Å². The first-order valence-electron chi connectivity index (χ1n) is 9.62. The number of furan rings is 1. The molecule has 8 heteroatoms. The van der Waals surface area contributed by atoms with Gasteiger partial charge in [0.05, 0.1) is 12.4 Å². The smallest absolute Gasteiger partial charge is 0.287 e. The van der Waals surface area contributed by atoms with Crippen molar-refractivity contribution in [1.29, 1.82) is 0 Å². The maximum absolute atomic E-state index is 12.0. The van der Waals surface area contributed by atoms with Gasteiger partial charge in [0, 0.05) is 44.9 Å². The summed E-state index contributed by atoms with van der Waals surface area (Å²) in [5.41, 5.74) is 0.852. The minimum atomic E-state index is -0.165. The van der Waals surface area contributed by atoms with Crippen molar-refractivity contribution in [3.05, 3.63) is 23.7 Å². The van der Waals surface area contributed by atoms with Gasteiger partial charge in [-0.05, 0) is 46.1 Å². The molecule has 27 heavy (non-hydrogen) atoms. The minimum Gasteiger partial charge on any atom is -0.459 e. The van der Waals surface area contributed by atoms with Crippen LogP contribution in [-0.4, -0.2) is 62.2 Å². The van der Waals surface area contributed by atoms with E-state index in [1.54, 1.807) is 6.07 Å². The number of hydrogen-bond acceptors (Lipinski definition) is 4. The van der Waals surface area contributed by atoms with Crippen LogP contribution in [-0.2, 0) is 4.74 Å². The molecule has 1 aromatic rings. The van der Waals surface area contributed by atoms with Crippen LogP contribution in [0.4, 0.5) is 0 Å². The molecule has 2 heterocycles. The summed E-state index contributed by atoms with van der Waals surface area (Å²) in [6.45, 7) is 10.8. The Bertz CT molecular complexity index is 583. The van der Waals surface area contributed by atoms with Gasteiger partial charge in [-0.15, -0.1) is 24.0 Å². The maximum Gasteiger partial charge on any atom is 0.287 e. The van der Waals surface area contributed by atoms with Gasteiger partial charge < -0.3 is 24.7 Å². The van der Waals surface area contributed by atoms with E-state index in [4.69, 9.17) is 14.1 Å². The molecule has 0 unspecified atom stereocenters. The third-order valence-electron chi connectivity index (χ3n) is 4.43. The molecule has 0 radical (unpaired) electrons. The first kappa shape index (κ1) is 23.7. The van der Waals surface area contributed by atoms with Crippen LogP contribution in [0.15, 0.2) is 21.7 Å². The summed E-state index contributed by atoms with van der Waals surface area (Å²) in [5.74, 6) is 1.18. The molecular formula is C19H33IN4O3. The molecule has 0 bridgehead atoms. The fourth-order valence-electron chi connectivity index (χ4n) is 3.05. The number of nitrogens with one attached hydrogen (secondary N) is 2. The predicted octanol–water partition coefficient (Wildman–Crippen LogP) is 2.79. The number of piperidine rings is 1. The Morgan fingerprint density at radius 2 is 2.07 bits per heavy atom. The highest BCUT2D eigenvalue weighted by atomic mass is 127. The van der Waals surface area contributed by atoms with E-state index in [0.29, 0.717) is 25.0 Å². The normalized spacial score (nSPS) is 15.4. The lowest BCUT2D eigenvalue weighted by atomic mass is 10.1. The quantitative estimate of drug-likeness (QED) is 0.253. The van der Waals surface area contributed by atoms with E-state index in [0.717, 1.165) is 57.0 Å². The van der Waals surface area contributed by atoms with E-state index in [9.17, 15) is 4.79 Å². The lowest BCUT2D eigenvalue weighted by Gasteiger charge is -2.34. The zero-order valence-electron chi connectivity index (χ0n) is 16.6. The molecule has 0 atom stereocenters. The topological polar surface area (TPSA) is 79.1 Å². The molecule has 0 spiro atoms. The molecule has 2 N–H and O–H groups in total. The largest absolute Gasteiger partial charge is 0.459 e. The summed E-state index contributed by atoms with van der Waals surface area (Å²) in [6.07, 6.45) is 4.77. The number of hydrogen-bond donors (Lipinski definition) is 2. The van der Waals surface area contributed by atoms with E-state index < -0.39 is 0 Å². The minimum absolute atomic E-state index is 0. The second-order valence-electron chi connectivity index (χ2n) is 6.42. The van der Waals surface area contributed by atoms with Crippen molar-refractivity contribution in [2.75, 3.05) is 39.3 Å². The van der Waals surface area contributed by atoms with Gasteiger partial charge in [-0.1, -0.05) is 0 Å². The Labute approximate surface area is 179 Å². The molecule has 1 amide bonds. The average Bonchev–Trinajstić information content (AvgIpc) is 3.07. The van der Waals surface area contributed by atoms with Crippen molar-refractivity contribution in [1.82, 2.24) is 15.5 Å². The van der Waals surface area contributed by atoms with Crippen LogP contribution in [0.5, 0.6) is 0 Å². The Morgan fingerprint density at radius 1 is 1.33 bits per heavy atom. The summed E-state index contributed by atoms with van der Waals surface area (Å²) in [4.78, 5) is 19.0. The lowest BCUT2D eigenvalue weighted by Crippen LogP contribution is -2.47. The molecule has 2 rings (SSSR count). The molecule has 1 aromatic heterocycles. The number of halogens is 1. The SMILES string of the molecule is CCNC(=NCCCNC(=O)c1occc1C)N1CCC(OCC)CC1.I. The van der Waals surface area contributed by atoms with Gasteiger partial charge in [-0.25, -0.2) is 0 Å². The molecule has 1 saturated heterocycles. The number of amides is 1. The third kappa shape index (κ3) is 7.69. The summed E-state index contributed by atoms with van der Waals surface area (Å²) in [7, 11) is 0. The first-order valence-corrected chi connectivity index (χ1v) is 9.62. The lowest BCUT2D eigenvalue weighted by molar-refractivity contribution is 0.0264. The molecule has 0 saturated carbocycles. The van der Waals surface area contributed by atoms with Crippen LogP contribution in [0.3, 0.4) is 0 Å². The van der Waals surface area contributed by atoms with E-state index in [1.807, 2.05) is 13.8 Å². The summed E-state index contributed by atoms with van der Waals surface area (Å²) in [5, 5.41) is 6.24. The van der Waals surface area contributed by atoms with Crippen molar-refractivity contribution in [2.45, 2.75) is 46.1 Å². The molecule has 1 fully saturated rings. The van der Waals surface area contributed by atoms with Gasteiger partial charge in [-0.3, -0.25) is 9.79 Å².